The Bertz CT molecular complexity index is 1950. The highest BCUT2D eigenvalue weighted by molar-refractivity contribution is 6.12. The van der Waals surface area contributed by atoms with Gasteiger partial charge >= 0.3 is 24.3 Å². The van der Waals surface area contributed by atoms with Crippen molar-refractivity contribution >= 4 is 35.6 Å². The Morgan fingerprint density at radius 1 is 0.904 bits per heavy atom. The number of esters is 1. The van der Waals surface area contributed by atoms with Gasteiger partial charge in [-0.05, 0) is 73.0 Å². The fraction of sp³-hybridized carbons (Fsp3) is 0.243. The van der Waals surface area contributed by atoms with Gasteiger partial charge in [0.25, 0.3) is 11.8 Å². The molecule has 2 atom stereocenters. The zero-order valence-electron chi connectivity index (χ0n) is 28.4. The maximum Gasteiger partial charge on any atom is 0.513 e. The van der Waals surface area contributed by atoms with E-state index in [1.54, 1.807) is 32.0 Å². The van der Waals surface area contributed by atoms with Gasteiger partial charge in [0.2, 0.25) is 5.41 Å². The molecule has 0 aliphatic carbocycles. The second-order valence-corrected chi connectivity index (χ2v) is 11.7. The third-order valence-corrected chi connectivity index (χ3v) is 7.88. The second kappa shape index (κ2) is 16.2. The van der Waals surface area contributed by atoms with Crippen molar-refractivity contribution in [3.8, 4) is 16.9 Å². The number of anilines is 1. The fourth-order valence-electron chi connectivity index (χ4n) is 4.85. The van der Waals surface area contributed by atoms with Gasteiger partial charge in [-0.25, -0.2) is 4.79 Å². The molecule has 0 radical (unpaired) electrons. The van der Waals surface area contributed by atoms with Crippen LogP contribution in [0.15, 0.2) is 91.1 Å². The van der Waals surface area contributed by atoms with Crippen LogP contribution in [0.4, 0.5) is 23.7 Å². The summed E-state index contributed by atoms with van der Waals surface area (Å²) in [6.45, 7) is 2.24. The highest BCUT2D eigenvalue weighted by Crippen LogP contribution is 2.33. The van der Waals surface area contributed by atoms with Crippen LogP contribution in [0.1, 0.15) is 52.2 Å². The number of amides is 2. The number of halogens is 3. The number of carboxylic acids is 1. The third kappa shape index (κ3) is 8.72. The van der Waals surface area contributed by atoms with Crippen LogP contribution in [-0.4, -0.2) is 71.7 Å². The number of ether oxygens (including phenoxy) is 3. The summed E-state index contributed by atoms with van der Waals surface area (Å²) in [6, 6.07) is 18.4. The molecule has 2 N–H and O–H groups in total. The standard InChI is InChI=1S/C37H34F3N3O9/c1-5-22(2)51-34(48)36(33(46)47,30-12-8-9-19-41-30)21-50-35(49)52-25-17-18-29(28(20-25)32(45)43(3)4)42-31(44)27-11-7-6-10-26(27)23-13-15-24(16-14-23)37(38,39)40/h6-20,22H,5,21H2,1-4H3,(H,42,44)(H,46,47). The average Bonchev–Trinajstić information content (AvgIpc) is 3.12. The van der Waals surface area contributed by atoms with Crippen LogP contribution < -0.4 is 10.1 Å². The van der Waals surface area contributed by atoms with Gasteiger partial charge in [-0.1, -0.05) is 43.3 Å². The van der Waals surface area contributed by atoms with Crippen molar-refractivity contribution in [2.75, 3.05) is 26.0 Å². The number of alkyl halides is 3. The molecule has 0 fully saturated rings. The minimum atomic E-state index is -4.54. The molecule has 3 aromatic carbocycles. The first-order valence-electron chi connectivity index (χ1n) is 15.7. The van der Waals surface area contributed by atoms with E-state index in [0.717, 1.165) is 18.2 Å². The molecule has 272 valence electrons. The summed E-state index contributed by atoms with van der Waals surface area (Å²) >= 11 is 0. The Kier molecular flexibility index (Phi) is 12.0. The highest BCUT2D eigenvalue weighted by atomic mass is 19.4. The normalized spacial score (nSPS) is 12.8. The molecule has 1 aromatic heterocycles. The molecule has 15 heteroatoms. The summed E-state index contributed by atoms with van der Waals surface area (Å²) in [5.74, 6) is -4.44. The molecule has 12 nitrogen and oxygen atoms in total. The average molecular weight is 722 g/mol. The summed E-state index contributed by atoms with van der Waals surface area (Å²) in [5, 5.41) is 12.8. The minimum absolute atomic E-state index is 0.000486. The van der Waals surface area contributed by atoms with Crippen molar-refractivity contribution in [3.05, 3.63) is 114 Å². The van der Waals surface area contributed by atoms with Crippen LogP contribution in [0.2, 0.25) is 0 Å². The number of carbonyl (C=O) groups is 5. The molecule has 0 bridgehead atoms. The predicted octanol–water partition coefficient (Wildman–Crippen LogP) is 6.60. The van der Waals surface area contributed by atoms with Crippen molar-refractivity contribution in [1.29, 1.82) is 0 Å². The molecule has 0 saturated carbocycles. The van der Waals surface area contributed by atoms with Crippen molar-refractivity contribution in [2.24, 2.45) is 0 Å². The molecule has 52 heavy (non-hydrogen) atoms. The quantitative estimate of drug-likeness (QED) is 0.0926. The summed E-state index contributed by atoms with van der Waals surface area (Å²) in [6.07, 6.45) is -4.99. The Hall–Kier alpha value is -6.25. The minimum Gasteiger partial charge on any atom is -0.480 e. The number of carboxylic acid groups (broad SMARTS) is 1. The van der Waals surface area contributed by atoms with E-state index in [2.05, 4.69) is 10.3 Å². The Balaban J connectivity index is 1.59. The van der Waals surface area contributed by atoms with E-state index >= 15 is 0 Å². The number of carbonyl (C=O) groups excluding carboxylic acids is 4. The van der Waals surface area contributed by atoms with E-state index in [4.69, 9.17) is 14.2 Å². The van der Waals surface area contributed by atoms with Crippen molar-refractivity contribution in [3.63, 3.8) is 0 Å². The fourth-order valence-corrected chi connectivity index (χ4v) is 4.85. The monoisotopic (exact) mass is 721 g/mol. The Labute approximate surface area is 296 Å². The molecular formula is C37H34F3N3O9. The first-order valence-corrected chi connectivity index (χ1v) is 15.7. The van der Waals surface area contributed by atoms with Crippen LogP contribution in [0.25, 0.3) is 11.1 Å². The van der Waals surface area contributed by atoms with Gasteiger partial charge in [0, 0.05) is 25.9 Å². The number of nitrogens with zero attached hydrogens (tertiary/aromatic N) is 2. The molecule has 2 unspecified atom stereocenters. The molecule has 4 aromatic rings. The van der Waals surface area contributed by atoms with Crippen LogP contribution in [0, 0.1) is 0 Å². The molecular weight excluding hydrogens is 687 g/mol. The largest absolute Gasteiger partial charge is 0.513 e. The predicted molar refractivity (Wildman–Crippen MR) is 181 cm³/mol. The van der Waals surface area contributed by atoms with E-state index in [9.17, 15) is 42.3 Å². The van der Waals surface area contributed by atoms with E-state index in [-0.39, 0.29) is 28.3 Å². The molecule has 0 spiro atoms. The van der Waals surface area contributed by atoms with E-state index < -0.39 is 59.8 Å². The second-order valence-electron chi connectivity index (χ2n) is 11.7. The smallest absolute Gasteiger partial charge is 0.480 e. The van der Waals surface area contributed by atoms with Crippen LogP contribution in [0.3, 0.4) is 0 Å². The van der Waals surface area contributed by atoms with E-state index in [0.29, 0.717) is 17.5 Å². The van der Waals surface area contributed by atoms with Gasteiger partial charge in [-0.15, -0.1) is 0 Å². The van der Waals surface area contributed by atoms with Gasteiger partial charge in [-0.3, -0.25) is 24.2 Å². The lowest BCUT2D eigenvalue weighted by molar-refractivity contribution is -0.167. The topological polar surface area (TPSA) is 161 Å². The van der Waals surface area contributed by atoms with Gasteiger partial charge in [0.1, 0.15) is 12.4 Å². The number of aromatic nitrogens is 1. The van der Waals surface area contributed by atoms with Gasteiger partial charge in [-0.2, -0.15) is 13.2 Å². The SMILES string of the molecule is CCC(C)OC(=O)C(COC(=O)Oc1ccc(NC(=O)c2ccccc2-c2ccc(C(F)(F)F)cc2)c(C(=O)N(C)C)c1)(C(=O)O)c1ccccn1. The summed E-state index contributed by atoms with van der Waals surface area (Å²) in [7, 11) is 2.88. The Morgan fingerprint density at radius 3 is 2.17 bits per heavy atom. The van der Waals surface area contributed by atoms with Gasteiger partial charge in [0.05, 0.1) is 28.6 Å². The molecule has 2 amide bonds. The lowest BCUT2D eigenvalue weighted by Gasteiger charge is -2.27. The number of hydrogen-bond donors (Lipinski definition) is 2. The van der Waals surface area contributed by atoms with Crippen molar-refractivity contribution < 1.29 is 56.5 Å². The number of rotatable bonds is 12. The van der Waals surface area contributed by atoms with E-state index in [1.165, 1.54) is 73.7 Å². The lowest BCUT2D eigenvalue weighted by Crippen LogP contribution is -2.50. The first-order chi connectivity index (χ1) is 24.6. The van der Waals surface area contributed by atoms with Crippen molar-refractivity contribution in [1.82, 2.24) is 9.88 Å². The highest BCUT2D eigenvalue weighted by Gasteiger charge is 2.53. The number of pyridine rings is 1. The number of benzene rings is 3. The lowest BCUT2D eigenvalue weighted by atomic mass is 9.84. The van der Waals surface area contributed by atoms with Crippen LogP contribution in [0.5, 0.6) is 5.75 Å². The molecule has 0 aliphatic rings. The van der Waals surface area contributed by atoms with Crippen LogP contribution >= 0.6 is 0 Å². The summed E-state index contributed by atoms with van der Waals surface area (Å²) < 4.78 is 55.0. The molecule has 4 rings (SSSR count). The zero-order chi connectivity index (χ0) is 38.2. The number of nitrogens with one attached hydrogen (secondary N) is 1. The van der Waals surface area contributed by atoms with Gasteiger partial charge < -0.3 is 29.5 Å². The third-order valence-electron chi connectivity index (χ3n) is 7.88. The molecule has 0 aliphatic heterocycles. The van der Waals surface area contributed by atoms with E-state index in [1.807, 2.05) is 0 Å². The molecule has 1 heterocycles. The first kappa shape index (κ1) is 38.6. The summed E-state index contributed by atoms with van der Waals surface area (Å²) in [4.78, 5) is 70.6. The van der Waals surface area contributed by atoms with Gasteiger partial charge in [0.15, 0.2) is 0 Å². The molecule has 0 saturated heterocycles. The zero-order valence-corrected chi connectivity index (χ0v) is 28.4. The maximum absolute atomic E-state index is 13.5. The van der Waals surface area contributed by atoms with Crippen LogP contribution in [-0.2, 0) is 30.7 Å². The van der Waals surface area contributed by atoms with Crippen molar-refractivity contribution in [2.45, 2.75) is 38.0 Å². The number of aliphatic carboxylic acids is 1. The Morgan fingerprint density at radius 2 is 1.58 bits per heavy atom. The number of hydrogen-bond acceptors (Lipinski definition) is 9. The summed E-state index contributed by atoms with van der Waals surface area (Å²) in [5.41, 5.74) is -3.00. The maximum atomic E-state index is 13.5.